The van der Waals surface area contributed by atoms with Crippen LogP contribution in [0.1, 0.15) is 43.5 Å². The molecule has 1 fully saturated rings. The van der Waals surface area contributed by atoms with Crippen LogP contribution in [0.3, 0.4) is 0 Å². The first-order chi connectivity index (χ1) is 10.1. The lowest BCUT2D eigenvalue weighted by Crippen LogP contribution is -2.27. The molecule has 0 aromatic carbocycles. The van der Waals surface area contributed by atoms with Gasteiger partial charge in [-0.3, -0.25) is 5.41 Å². The Morgan fingerprint density at radius 2 is 2.05 bits per heavy atom. The van der Waals surface area contributed by atoms with Gasteiger partial charge in [-0.1, -0.05) is 13.8 Å². The molecule has 0 spiro atoms. The van der Waals surface area contributed by atoms with Crippen LogP contribution in [0.2, 0.25) is 0 Å². The maximum Gasteiger partial charge on any atom is 0.244 e. The minimum Gasteiger partial charge on any atom is -0.475 e. The Morgan fingerprint density at radius 3 is 2.57 bits per heavy atom. The Bertz CT molecular complexity index is 513. The zero-order valence-electron chi connectivity index (χ0n) is 13.1. The van der Waals surface area contributed by atoms with E-state index in [1.807, 2.05) is 13.8 Å². The van der Waals surface area contributed by atoms with Crippen molar-refractivity contribution in [2.75, 3.05) is 20.2 Å². The summed E-state index contributed by atoms with van der Waals surface area (Å²) >= 11 is 0. The van der Waals surface area contributed by atoms with E-state index in [2.05, 4.69) is 22.1 Å². The van der Waals surface area contributed by atoms with E-state index in [9.17, 15) is 0 Å². The van der Waals surface area contributed by atoms with E-state index in [4.69, 9.17) is 15.9 Å². The monoisotopic (exact) mass is 291 g/mol. The second kappa shape index (κ2) is 6.85. The van der Waals surface area contributed by atoms with Gasteiger partial charge in [-0.15, -0.1) is 5.10 Å². The summed E-state index contributed by atoms with van der Waals surface area (Å²) in [5.74, 6) is 0.391. The van der Waals surface area contributed by atoms with E-state index in [0.717, 1.165) is 30.6 Å². The minimum atomic E-state index is 0.00185. The molecule has 21 heavy (non-hydrogen) atoms. The number of nitrogens with one attached hydrogen (secondary N) is 1. The molecule has 0 atom stereocenters. The summed E-state index contributed by atoms with van der Waals surface area (Å²) in [6.07, 6.45) is 4.10. The largest absolute Gasteiger partial charge is 0.475 e. The first kappa shape index (κ1) is 15.7. The van der Waals surface area contributed by atoms with E-state index in [0.29, 0.717) is 24.1 Å². The van der Waals surface area contributed by atoms with Crippen LogP contribution in [0, 0.1) is 5.41 Å². The van der Waals surface area contributed by atoms with Gasteiger partial charge in [0, 0.05) is 12.6 Å². The maximum atomic E-state index is 7.81. The molecule has 0 amide bonds. The minimum absolute atomic E-state index is 0.00185. The molecule has 1 aromatic rings. The molecule has 1 saturated carbocycles. The van der Waals surface area contributed by atoms with Crippen LogP contribution >= 0.6 is 0 Å². The fourth-order valence-corrected chi connectivity index (χ4v) is 2.52. The lowest BCUT2D eigenvalue weighted by atomic mass is 10.0. The Morgan fingerprint density at radius 1 is 1.33 bits per heavy atom. The highest BCUT2D eigenvalue weighted by Crippen LogP contribution is 2.25. The Hall–Kier alpha value is -1.69. The number of amidine groups is 1. The van der Waals surface area contributed by atoms with Gasteiger partial charge in [-0.2, -0.15) is 5.10 Å². The molecule has 0 radical (unpaired) electrons. The van der Waals surface area contributed by atoms with Crippen molar-refractivity contribution in [1.29, 1.82) is 5.41 Å². The quantitative estimate of drug-likeness (QED) is 0.557. The summed E-state index contributed by atoms with van der Waals surface area (Å²) in [5, 5.41) is 16.2. The standard InChI is InChI=1S/C15H25N5O/c1-4-11-12(5-2)18-19-15(13(11)14(16)17)21-9-8-20(3)10-6-7-10/h10H,4-9H2,1-3H3,(H3,16,17). The topological polar surface area (TPSA) is 88.1 Å². The number of hydrogen-bond acceptors (Lipinski definition) is 5. The van der Waals surface area contributed by atoms with Gasteiger partial charge in [0.2, 0.25) is 5.88 Å². The molecule has 0 unspecified atom stereocenters. The third kappa shape index (κ3) is 3.69. The highest BCUT2D eigenvalue weighted by Gasteiger charge is 2.26. The number of likely N-dealkylation sites (N-methyl/N-ethyl adjacent to an activating group) is 1. The lowest BCUT2D eigenvalue weighted by Gasteiger charge is -2.18. The predicted molar refractivity (Wildman–Crippen MR) is 83.0 cm³/mol. The van der Waals surface area contributed by atoms with Crippen LogP contribution in [-0.4, -0.2) is 47.2 Å². The van der Waals surface area contributed by atoms with Gasteiger partial charge >= 0.3 is 0 Å². The number of nitrogen functional groups attached to an aromatic ring is 1. The molecule has 3 N–H and O–H groups in total. The summed E-state index contributed by atoms with van der Waals surface area (Å²) in [6, 6.07) is 0.709. The van der Waals surface area contributed by atoms with Gasteiger partial charge in [0.05, 0.1) is 11.3 Å². The first-order valence-electron chi connectivity index (χ1n) is 7.64. The summed E-state index contributed by atoms with van der Waals surface area (Å²) in [5.41, 5.74) is 8.21. The number of rotatable bonds is 8. The maximum absolute atomic E-state index is 7.81. The molecule has 6 nitrogen and oxygen atoms in total. The Balaban J connectivity index is 2.11. The van der Waals surface area contributed by atoms with E-state index in [-0.39, 0.29) is 5.84 Å². The molecular formula is C15H25N5O. The number of nitrogens with two attached hydrogens (primary N) is 1. The Kier molecular flexibility index (Phi) is 5.12. The van der Waals surface area contributed by atoms with E-state index < -0.39 is 0 Å². The molecule has 0 aliphatic heterocycles. The predicted octanol–water partition coefficient (Wildman–Crippen LogP) is 1.36. The summed E-state index contributed by atoms with van der Waals surface area (Å²) < 4.78 is 5.75. The van der Waals surface area contributed by atoms with Crippen LogP contribution < -0.4 is 10.5 Å². The highest BCUT2D eigenvalue weighted by atomic mass is 16.5. The van der Waals surface area contributed by atoms with Crippen LogP contribution in [-0.2, 0) is 12.8 Å². The van der Waals surface area contributed by atoms with Crippen molar-refractivity contribution in [3.63, 3.8) is 0 Å². The number of aryl methyl sites for hydroxylation is 1. The van der Waals surface area contributed by atoms with Gasteiger partial charge < -0.3 is 15.4 Å². The molecule has 1 aromatic heterocycles. The first-order valence-corrected chi connectivity index (χ1v) is 7.64. The van der Waals surface area contributed by atoms with Gasteiger partial charge in [0.1, 0.15) is 12.4 Å². The molecule has 0 bridgehead atoms. The third-order valence-electron chi connectivity index (χ3n) is 3.94. The normalized spacial score (nSPS) is 14.5. The van der Waals surface area contributed by atoms with E-state index >= 15 is 0 Å². The van der Waals surface area contributed by atoms with Crippen molar-refractivity contribution in [3.05, 3.63) is 16.8 Å². The second-order valence-electron chi connectivity index (χ2n) is 5.49. The summed E-state index contributed by atoms with van der Waals surface area (Å²) in [6.45, 7) is 5.45. The summed E-state index contributed by atoms with van der Waals surface area (Å²) in [4.78, 5) is 2.29. The van der Waals surface area contributed by atoms with Crippen LogP contribution in [0.15, 0.2) is 0 Å². The smallest absolute Gasteiger partial charge is 0.244 e. The average molecular weight is 291 g/mol. The fourth-order valence-electron chi connectivity index (χ4n) is 2.52. The van der Waals surface area contributed by atoms with Gasteiger partial charge in [-0.25, -0.2) is 0 Å². The number of ether oxygens (including phenoxy) is 1. The lowest BCUT2D eigenvalue weighted by molar-refractivity contribution is 0.224. The zero-order chi connectivity index (χ0) is 15.4. The molecule has 1 heterocycles. The number of nitrogens with zero attached hydrogens (tertiary/aromatic N) is 3. The average Bonchev–Trinajstić information content (AvgIpc) is 3.30. The van der Waals surface area contributed by atoms with Gasteiger partial charge in [0.25, 0.3) is 0 Å². The van der Waals surface area contributed by atoms with Crippen molar-refractivity contribution in [3.8, 4) is 5.88 Å². The van der Waals surface area contributed by atoms with Crippen molar-refractivity contribution in [2.45, 2.75) is 45.6 Å². The van der Waals surface area contributed by atoms with Gasteiger partial charge in [-0.05, 0) is 38.3 Å². The zero-order valence-corrected chi connectivity index (χ0v) is 13.1. The highest BCUT2D eigenvalue weighted by molar-refractivity contribution is 5.98. The molecule has 2 rings (SSSR count). The molecule has 6 heteroatoms. The summed E-state index contributed by atoms with van der Waals surface area (Å²) in [7, 11) is 2.11. The fraction of sp³-hybridized carbons (Fsp3) is 0.667. The van der Waals surface area contributed by atoms with E-state index in [1.54, 1.807) is 0 Å². The Labute approximate surface area is 126 Å². The van der Waals surface area contributed by atoms with Crippen molar-refractivity contribution >= 4 is 5.84 Å². The molecule has 0 saturated heterocycles. The van der Waals surface area contributed by atoms with Crippen molar-refractivity contribution < 1.29 is 4.74 Å². The third-order valence-corrected chi connectivity index (χ3v) is 3.94. The number of aromatic nitrogens is 2. The van der Waals surface area contributed by atoms with Crippen LogP contribution in [0.25, 0.3) is 0 Å². The van der Waals surface area contributed by atoms with Crippen molar-refractivity contribution in [1.82, 2.24) is 15.1 Å². The van der Waals surface area contributed by atoms with Crippen LogP contribution in [0.4, 0.5) is 0 Å². The molecule has 1 aliphatic rings. The number of hydrogen-bond donors (Lipinski definition) is 2. The molecule has 116 valence electrons. The van der Waals surface area contributed by atoms with Crippen molar-refractivity contribution in [2.24, 2.45) is 5.73 Å². The molecular weight excluding hydrogens is 266 g/mol. The SMILES string of the molecule is CCc1nnc(OCCN(C)C2CC2)c(C(=N)N)c1CC. The second-order valence-corrected chi connectivity index (χ2v) is 5.49. The van der Waals surface area contributed by atoms with Gasteiger partial charge in [0.15, 0.2) is 0 Å². The van der Waals surface area contributed by atoms with E-state index in [1.165, 1.54) is 12.8 Å². The molecule has 1 aliphatic carbocycles. The van der Waals surface area contributed by atoms with Crippen LogP contribution in [0.5, 0.6) is 5.88 Å².